The van der Waals surface area contributed by atoms with Gasteiger partial charge in [-0.05, 0) is 18.9 Å². The second-order valence-electron chi connectivity index (χ2n) is 4.93. The number of anilines is 1. The second-order valence-corrected chi connectivity index (χ2v) is 4.93. The van der Waals surface area contributed by atoms with Crippen LogP contribution in [0.5, 0.6) is 17.2 Å². The molecule has 1 aliphatic rings. The van der Waals surface area contributed by atoms with Crippen LogP contribution in [0.15, 0.2) is 12.4 Å². The fraction of sp³-hybridized carbons (Fsp3) is 0.467. The van der Waals surface area contributed by atoms with Crippen LogP contribution in [0.3, 0.4) is 0 Å². The van der Waals surface area contributed by atoms with Gasteiger partial charge < -0.3 is 19.1 Å². The molecule has 1 fully saturated rings. The van der Waals surface area contributed by atoms with E-state index in [1.807, 2.05) is 6.07 Å². The molecule has 1 aliphatic heterocycles. The summed E-state index contributed by atoms with van der Waals surface area (Å²) >= 11 is 0. The SMILES string of the molecule is COc1cc2c(N3CCCC3)ncnc2c(OC)c1OC. The average molecular weight is 289 g/mol. The van der Waals surface area contributed by atoms with E-state index in [0.29, 0.717) is 17.2 Å². The summed E-state index contributed by atoms with van der Waals surface area (Å²) in [7, 11) is 4.81. The molecule has 3 rings (SSSR count). The maximum absolute atomic E-state index is 5.50. The van der Waals surface area contributed by atoms with E-state index in [-0.39, 0.29) is 0 Å². The minimum Gasteiger partial charge on any atom is -0.493 e. The van der Waals surface area contributed by atoms with Gasteiger partial charge in [0.1, 0.15) is 17.7 Å². The number of nitrogens with zero attached hydrogens (tertiary/aromatic N) is 3. The van der Waals surface area contributed by atoms with Crippen LogP contribution in [0, 0.1) is 0 Å². The van der Waals surface area contributed by atoms with Gasteiger partial charge in [-0.25, -0.2) is 9.97 Å². The molecular weight excluding hydrogens is 270 g/mol. The van der Waals surface area contributed by atoms with Gasteiger partial charge in [-0.1, -0.05) is 0 Å². The Balaban J connectivity index is 2.27. The van der Waals surface area contributed by atoms with Crippen LogP contribution in [0.4, 0.5) is 5.82 Å². The molecule has 0 radical (unpaired) electrons. The van der Waals surface area contributed by atoms with Gasteiger partial charge in [0.15, 0.2) is 11.5 Å². The summed E-state index contributed by atoms with van der Waals surface area (Å²) in [6, 6.07) is 1.92. The van der Waals surface area contributed by atoms with Gasteiger partial charge >= 0.3 is 0 Å². The van der Waals surface area contributed by atoms with E-state index < -0.39 is 0 Å². The number of aromatic nitrogens is 2. The molecule has 1 aromatic carbocycles. The molecule has 112 valence electrons. The molecule has 1 aromatic heterocycles. The van der Waals surface area contributed by atoms with Gasteiger partial charge in [-0.3, -0.25) is 0 Å². The van der Waals surface area contributed by atoms with Crippen molar-refractivity contribution in [2.75, 3.05) is 39.3 Å². The fourth-order valence-electron chi connectivity index (χ4n) is 2.83. The third-order valence-electron chi connectivity index (χ3n) is 3.82. The summed E-state index contributed by atoms with van der Waals surface area (Å²) < 4.78 is 16.3. The molecule has 21 heavy (non-hydrogen) atoms. The van der Waals surface area contributed by atoms with Crippen LogP contribution in [-0.4, -0.2) is 44.4 Å². The molecule has 0 atom stereocenters. The third kappa shape index (κ3) is 2.20. The number of rotatable bonds is 4. The largest absolute Gasteiger partial charge is 0.493 e. The highest BCUT2D eigenvalue weighted by molar-refractivity contribution is 5.97. The molecule has 0 amide bonds. The lowest BCUT2D eigenvalue weighted by molar-refractivity contribution is 0.327. The number of ether oxygens (including phenoxy) is 3. The first-order valence-electron chi connectivity index (χ1n) is 6.98. The Labute approximate surface area is 123 Å². The summed E-state index contributed by atoms with van der Waals surface area (Å²) in [5, 5.41) is 0.925. The number of methoxy groups -OCH3 is 3. The van der Waals surface area contributed by atoms with Gasteiger partial charge in [0, 0.05) is 13.1 Å². The Morgan fingerprint density at radius 1 is 0.952 bits per heavy atom. The van der Waals surface area contributed by atoms with Gasteiger partial charge in [0.05, 0.1) is 26.7 Å². The number of fused-ring (bicyclic) bond motifs is 1. The first kappa shape index (κ1) is 13.7. The van der Waals surface area contributed by atoms with Crippen LogP contribution in [0.25, 0.3) is 10.9 Å². The van der Waals surface area contributed by atoms with Crippen molar-refractivity contribution in [2.45, 2.75) is 12.8 Å². The average Bonchev–Trinajstić information content (AvgIpc) is 3.06. The summed E-state index contributed by atoms with van der Waals surface area (Å²) in [6.45, 7) is 2.03. The highest BCUT2D eigenvalue weighted by Crippen LogP contribution is 2.44. The predicted molar refractivity (Wildman–Crippen MR) is 80.6 cm³/mol. The van der Waals surface area contributed by atoms with Crippen molar-refractivity contribution in [3.05, 3.63) is 12.4 Å². The van der Waals surface area contributed by atoms with Gasteiger partial charge in [-0.15, -0.1) is 0 Å². The fourth-order valence-corrected chi connectivity index (χ4v) is 2.83. The number of hydrogen-bond acceptors (Lipinski definition) is 6. The van der Waals surface area contributed by atoms with Crippen molar-refractivity contribution in [1.82, 2.24) is 9.97 Å². The molecule has 0 aliphatic carbocycles. The molecule has 1 saturated heterocycles. The van der Waals surface area contributed by atoms with E-state index in [2.05, 4.69) is 14.9 Å². The summed E-state index contributed by atoms with van der Waals surface area (Å²) in [4.78, 5) is 11.1. The highest BCUT2D eigenvalue weighted by atomic mass is 16.5. The van der Waals surface area contributed by atoms with Crippen molar-refractivity contribution >= 4 is 16.7 Å². The summed E-state index contributed by atoms with van der Waals surface area (Å²) in [5.41, 5.74) is 0.743. The zero-order chi connectivity index (χ0) is 14.8. The molecule has 0 N–H and O–H groups in total. The van der Waals surface area contributed by atoms with Crippen LogP contribution in [0.2, 0.25) is 0 Å². The monoisotopic (exact) mass is 289 g/mol. The van der Waals surface area contributed by atoms with Crippen molar-refractivity contribution in [3.63, 3.8) is 0 Å². The van der Waals surface area contributed by atoms with E-state index in [4.69, 9.17) is 14.2 Å². The first-order chi connectivity index (χ1) is 10.3. The molecule has 2 heterocycles. The highest BCUT2D eigenvalue weighted by Gasteiger charge is 2.22. The standard InChI is InChI=1S/C15H19N3O3/c1-19-11-8-10-12(14(21-3)13(11)20-2)16-9-17-15(10)18-6-4-5-7-18/h8-9H,4-7H2,1-3H3. The van der Waals surface area contributed by atoms with Gasteiger partial charge in [0.2, 0.25) is 5.75 Å². The summed E-state index contributed by atoms with van der Waals surface area (Å²) in [5.74, 6) is 2.68. The molecule has 0 saturated carbocycles. The molecular formula is C15H19N3O3. The third-order valence-corrected chi connectivity index (χ3v) is 3.82. The summed E-state index contributed by atoms with van der Waals surface area (Å²) in [6.07, 6.45) is 3.95. The quantitative estimate of drug-likeness (QED) is 0.860. The van der Waals surface area contributed by atoms with E-state index in [9.17, 15) is 0 Å². The van der Waals surface area contributed by atoms with Crippen LogP contribution >= 0.6 is 0 Å². The molecule has 0 spiro atoms. The molecule has 2 aromatic rings. The molecule has 6 heteroatoms. The lowest BCUT2D eigenvalue weighted by Crippen LogP contribution is -2.19. The van der Waals surface area contributed by atoms with Crippen molar-refractivity contribution in [3.8, 4) is 17.2 Å². The van der Waals surface area contributed by atoms with Crippen molar-refractivity contribution in [2.24, 2.45) is 0 Å². The van der Waals surface area contributed by atoms with Crippen molar-refractivity contribution < 1.29 is 14.2 Å². The van der Waals surface area contributed by atoms with Crippen LogP contribution in [0.1, 0.15) is 12.8 Å². The van der Waals surface area contributed by atoms with E-state index in [0.717, 1.165) is 29.8 Å². The maximum atomic E-state index is 5.50. The zero-order valence-electron chi connectivity index (χ0n) is 12.5. The van der Waals surface area contributed by atoms with Crippen LogP contribution in [-0.2, 0) is 0 Å². The molecule has 0 bridgehead atoms. The Kier molecular flexibility index (Phi) is 3.68. The van der Waals surface area contributed by atoms with Crippen LogP contribution < -0.4 is 19.1 Å². The van der Waals surface area contributed by atoms with Gasteiger partial charge in [-0.2, -0.15) is 0 Å². The lowest BCUT2D eigenvalue weighted by Gasteiger charge is -2.20. The smallest absolute Gasteiger partial charge is 0.205 e. The maximum Gasteiger partial charge on any atom is 0.205 e. The second kappa shape index (κ2) is 5.63. The topological polar surface area (TPSA) is 56.7 Å². The Hall–Kier alpha value is -2.24. The first-order valence-corrected chi connectivity index (χ1v) is 6.98. The normalized spacial score (nSPS) is 14.5. The van der Waals surface area contributed by atoms with Crippen molar-refractivity contribution in [1.29, 1.82) is 0 Å². The lowest BCUT2D eigenvalue weighted by atomic mass is 10.1. The zero-order valence-corrected chi connectivity index (χ0v) is 12.5. The minimum absolute atomic E-state index is 0.554. The van der Waals surface area contributed by atoms with E-state index in [1.165, 1.54) is 12.8 Å². The minimum atomic E-state index is 0.554. The Morgan fingerprint density at radius 3 is 2.29 bits per heavy atom. The number of benzene rings is 1. The predicted octanol–water partition coefficient (Wildman–Crippen LogP) is 2.26. The van der Waals surface area contributed by atoms with E-state index in [1.54, 1.807) is 27.7 Å². The Morgan fingerprint density at radius 2 is 1.67 bits per heavy atom. The molecule has 0 unspecified atom stereocenters. The van der Waals surface area contributed by atoms with Gasteiger partial charge in [0.25, 0.3) is 0 Å². The molecule has 6 nitrogen and oxygen atoms in total. The number of hydrogen-bond donors (Lipinski definition) is 0. The van der Waals surface area contributed by atoms with E-state index >= 15 is 0 Å². The Bertz CT molecular complexity index is 654.